The predicted molar refractivity (Wildman–Crippen MR) is 176 cm³/mol. The molecule has 0 bridgehead atoms. The predicted octanol–water partition coefficient (Wildman–Crippen LogP) is 7.11. The molecule has 0 N–H and O–H groups in total. The number of benzene rings is 4. The van der Waals surface area contributed by atoms with Gasteiger partial charge in [-0.05, 0) is 104 Å². The standard InChI is InChI=1S/C36H34FNO5S2/c1-35(2,45(5,42)43)29-21-27-10-7-19-38-33(27)32(22-29)26-9-6-8-24(20-26)23-36(3,34(39)25-11-15-30(37)16-12-25)28-13-17-31(18-14-28)44(4,40)41/h6-22H,23H2,1-5H3. The largest absolute Gasteiger partial charge is 0.293 e. The molecule has 45 heavy (non-hydrogen) atoms. The van der Waals surface area contributed by atoms with Crippen LogP contribution in [0, 0.1) is 5.82 Å². The maximum atomic E-state index is 14.1. The van der Waals surface area contributed by atoms with Gasteiger partial charge >= 0.3 is 0 Å². The number of ketones is 1. The molecule has 5 aromatic rings. The minimum absolute atomic E-state index is 0.140. The van der Waals surface area contributed by atoms with Crippen LogP contribution in [0.25, 0.3) is 22.0 Å². The number of fused-ring (bicyclic) bond motifs is 1. The molecule has 6 nitrogen and oxygen atoms in total. The zero-order valence-corrected chi connectivity index (χ0v) is 27.3. The molecule has 232 valence electrons. The van der Waals surface area contributed by atoms with Gasteiger partial charge in [-0.15, -0.1) is 0 Å². The van der Waals surface area contributed by atoms with E-state index >= 15 is 0 Å². The molecule has 0 saturated heterocycles. The van der Waals surface area contributed by atoms with Gasteiger partial charge in [0.25, 0.3) is 0 Å². The summed E-state index contributed by atoms with van der Waals surface area (Å²) in [6, 6.07) is 26.7. The molecule has 1 aromatic heterocycles. The Morgan fingerprint density at radius 2 is 1.44 bits per heavy atom. The fourth-order valence-electron chi connectivity index (χ4n) is 5.53. The van der Waals surface area contributed by atoms with Crippen molar-refractivity contribution in [1.29, 1.82) is 0 Å². The van der Waals surface area contributed by atoms with Crippen molar-refractivity contribution in [2.75, 3.05) is 12.5 Å². The van der Waals surface area contributed by atoms with Crippen molar-refractivity contribution < 1.29 is 26.0 Å². The summed E-state index contributed by atoms with van der Waals surface area (Å²) in [7, 11) is -6.90. The first-order valence-electron chi connectivity index (χ1n) is 14.3. The third-order valence-electron chi connectivity index (χ3n) is 8.65. The van der Waals surface area contributed by atoms with E-state index in [9.17, 15) is 26.0 Å². The van der Waals surface area contributed by atoms with Crippen LogP contribution in [-0.4, -0.2) is 40.1 Å². The summed E-state index contributed by atoms with van der Waals surface area (Å²) in [5, 5.41) is 0.800. The van der Waals surface area contributed by atoms with E-state index in [-0.39, 0.29) is 17.1 Å². The third-order valence-corrected chi connectivity index (χ3v) is 11.9. The summed E-state index contributed by atoms with van der Waals surface area (Å²) in [6.45, 7) is 5.16. The van der Waals surface area contributed by atoms with Crippen molar-refractivity contribution in [2.45, 2.75) is 42.2 Å². The van der Waals surface area contributed by atoms with E-state index in [1.807, 2.05) is 42.5 Å². The van der Waals surface area contributed by atoms with E-state index in [1.165, 1.54) is 42.7 Å². The Labute approximate surface area is 263 Å². The Balaban J connectivity index is 1.65. The maximum absolute atomic E-state index is 14.1. The highest BCUT2D eigenvalue weighted by atomic mass is 32.2. The van der Waals surface area contributed by atoms with Crippen LogP contribution in [-0.2, 0) is 36.3 Å². The highest BCUT2D eigenvalue weighted by Gasteiger charge is 2.37. The summed E-state index contributed by atoms with van der Waals surface area (Å²) in [5.74, 6) is -0.704. The topological polar surface area (TPSA) is 98.2 Å². The molecule has 1 unspecified atom stereocenters. The zero-order valence-electron chi connectivity index (χ0n) is 25.7. The second-order valence-corrected chi connectivity index (χ2v) is 16.8. The van der Waals surface area contributed by atoms with Crippen molar-refractivity contribution in [1.82, 2.24) is 4.98 Å². The average molecular weight is 644 g/mol. The van der Waals surface area contributed by atoms with Crippen molar-refractivity contribution in [3.05, 3.63) is 131 Å². The first-order chi connectivity index (χ1) is 21.0. The molecule has 0 aliphatic rings. The van der Waals surface area contributed by atoms with Crippen LogP contribution in [0.1, 0.15) is 47.8 Å². The molecule has 0 amide bonds. The van der Waals surface area contributed by atoms with Crippen LogP contribution in [0.3, 0.4) is 0 Å². The van der Waals surface area contributed by atoms with Gasteiger partial charge in [-0.3, -0.25) is 9.78 Å². The van der Waals surface area contributed by atoms with Gasteiger partial charge in [0.2, 0.25) is 0 Å². The number of hydrogen-bond donors (Lipinski definition) is 0. The number of pyridine rings is 1. The van der Waals surface area contributed by atoms with E-state index in [0.717, 1.165) is 28.3 Å². The Kier molecular flexibility index (Phi) is 8.31. The second kappa shape index (κ2) is 11.6. The van der Waals surface area contributed by atoms with Crippen LogP contribution in [0.5, 0.6) is 0 Å². The van der Waals surface area contributed by atoms with E-state index in [2.05, 4.69) is 4.98 Å². The molecule has 5 rings (SSSR count). The fraction of sp³-hybridized carbons (Fsp3) is 0.222. The monoisotopic (exact) mass is 643 g/mol. The molecular formula is C36H34FNO5S2. The number of nitrogens with zero attached hydrogens (tertiary/aromatic N) is 1. The number of sulfone groups is 2. The lowest BCUT2D eigenvalue weighted by Crippen LogP contribution is -2.35. The molecule has 4 aromatic carbocycles. The normalized spacial score (nSPS) is 13.8. The molecule has 0 aliphatic carbocycles. The quantitative estimate of drug-likeness (QED) is 0.159. The van der Waals surface area contributed by atoms with Gasteiger partial charge in [0.1, 0.15) is 5.82 Å². The van der Waals surface area contributed by atoms with Crippen molar-refractivity contribution >= 4 is 36.4 Å². The lowest BCUT2D eigenvalue weighted by Gasteiger charge is -2.30. The fourth-order valence-corrected chi connectivity index (χ4v) is 6.71. The third kappa shape index (κ3) is 6.32. The van der Waals surface area contributed by atoms with E-state index < -0.39 is 35.7 Å². The van der Waals surface area contributed by atoms with Crippen LogP contribution in [0.4, 0.5) is 4.39 Å². The SMILES string of the molecule is CC(Cc1cccc(-c2cc(C(C)(C)S(C)(=O)=O)cc3cccnc23)c1)(C(=O)c1ccc(F)cc1)c1ccc(S(C)(=O)=O)cc1. The molecule has 0 aliphatic heterocycles. The van der Waals surface area contributed by atoms with E-state index in [4.69, 9.17) is 0 Å². The van der Waals surface area contributed by atoms with Crippen LogP contribution in [0.2, 0.25) is 0 Å². The summed E-state index contributed by atoms with van der Waals surface area (Å²) in [4.78, 5) is 18.9. The summed E-state index contributed by atoms with van der Waals surface area (Å²) < 4.78 is 62.4. The summed E-state index contributed by atoms with van der Waals surface area (Å²) in [5.41, 5.74) is 3.50. The van der Waals surface area contributed by atoms with Crippen LogP contribution >= 0.6 is 0 Å². The maximum Gasteiger partial charge on any atom is 0.175 e. The minimum Gasteiger partial charge on any atom is -0.293 e. The zero-order chi connectivity index (χ0) is 32.8. The molecular weight excluding hydrogens is 610 g/mol. The Morgan fingerprint density at radius 1 is 0.778 bits per heavy atom. The average Bonchev–Trinajstić information content (AvgIpc) is 2.99. The number of carbonyl (C=O) groups is 1. The van der Waals surface area contributed by atoms with Gasteiger partial charge in [0.05, 0.1) is 20.6 Å². The molecule has 0 spiro atoms. The van der Waals surface area contributed by atoms with Gasteiger partial charge in [-0.2, -0.15) is 0 Å². The van der Waals surface area contributed by atoms with Gasteiger partial charge in [-0.25, -0.2) is 21.2 Å². The van der Waals surface area contributed by atoms with Gasteiger partial charge < -0.3 is 0 Å². The van der Waals surface area contributed by atoms with Crippen LogP contribution < -0.4 is 0 Å². The lowest BCUT2D eigenvalue weighted by molar-refractivity contribution is 0.0895. The molecule has 0 radical (unpaired) electrons. The number of hydrogen-bond acceptors (Lipinski definition) is 6. The Morgan fingerprint density at radius 3 is 2.07 bits per heavy atom. The van der Waals surface area contributed by atoms with Crippen molar-refractivity contribution in [3.8, 4) is 11.1 Å². The summed E-state index contributed by atoms with van der Waals surface area (Å²) in [6.07, 6.45) is 4.29. The van der Waals surface area contributed by atoms with Crippen molar-refractivity contribution in [2.24, 2.45) is 0 Å². The second-order valence-electron chi connectivity index (χ2n) is 12.2. The minimum atomic E-state index is -3.46. The Hall–Kier alpha value is -4.21. The molecule has 1 heterocycles. The number of aromatic nitrogens is 1. The smallest absolute Gasteiger partial charge is 0.175 e. The first-order valence-corrected chi connectivity index (χ1v) is 18.1. The van der Waals surface area contributed by atoms with E-state index in [1.54, 1.807) is 45.2 Å². The number of Topliss-reactive ketones (excluding diaryl/α,β-unsaturated/α-hetero) is 1. The summed E-state index contributed by atoms with van der Waals surface area (Å²) >= 11 is 0. The number of rotatable bonds is 9. The number of carbonyl (C=O) groups excluding carboxylic acids is 1. The van der Waals surface area contributed by atoms with Gasteiger partial charge in [0, 0.05) is 35.2 Å². The molecule has 1 atom stereocenters. The van der Waals surface area contributed by atoms with E-state index in [0.29, 0.717) is 22.2 Å². The lowest BCUT2D eigenvalue weighted by atomic mass is 9.72. The number of halogens is 1. The molecule has 0 saturated carbocycles. The van der Waals surface area contributed by atoms with Gasteiger partial charge in [0.15, 0.2) is 25.5 Å². The first kappa shape index (κ1) is 32.2. The molecule has 9 heteroatoms. The highest BCUT2D eigenvalue weighted by Crippen LogP contribution is 2.38. The Bertz CT molecular complexity index is 2140. The highest BCUT2D eigenvalue weighted by molar-refractivity contribution is 7.91. The van der Waals surface area contributed by atoms with Crippen LogP contribution in [0.15, 0.2) is 108 Å². The molecule has 0 fully saturated rings. The van der Waals surface area contributed by atoms with Crippen molar-refractivity contribution in [3.63, 3.8) is 0 Å². The van der Waals surface area contributed by atoms with Gasteiger partial charge in [-0.1, -0.05) is 42.5 Å².